The molecule has 2 aromatic rings. The van der Waals surface area contributed by atoms with Crippen molar-refractivity contribution in [1.82, 2.24) is 0 Å². The van der Waals surface area contributed by atoms with Crippen molar-refractivity contribution in [2.75, 3.05) is 13.2 Å². The first-order chi connectivity index (χ1) is 8.77. The van der Waals surface area contributed by atoms with Crippen LogP contribution < -0.4 is 10.5 Å². The van der Waals surface area contributed by atoms with Gasteiger partial charge in [0.25, 0.3) is 0 Å². The second-order valence-corrected chi connectivity index (χ2v) is 4.25. The van der Waals surface area contributed by atoms with Crippen LogP contribution in [0.15, 0.2) is 36.4 Å². The fourth-order valence-corrected chi connectivity index (χ4v) is 2.22. The van der Waals surface area contributed by atoms with Crippen LogP contribution in [0.3, 0.4) is 0 Å². The summed E-state index contributed by atoms with van der Waals surface area (Å²) in [7, 11) is 0. The molecule has 0 aliphatic rings. The Balaban J connectivity index is 2.58. The summed E-state index contributed by atoms with van der Waals surface area (Å²) in [5.74, 6) is 0.817. The summed E-state index contributed by atoms with van der Waals surface area (Å²) >= 11 is 0. The molecule has 0 fully saturated rings. The minimum absolute atomic E-state index is 0.0793. The summed E-state index contributed by atoms with van der Waals surface area (Å²) in [6.07, 6.45) is 0.536. The quantitative estimate of drug-likeness (QED) is 0.851. The lowest BCUT2D eigenvalue weighted by Gasteiger charge is -2.18. The van der Waals surface area contributed by atoms with Gasteiger partial charge < -0.3 is 15.6 Å². The molecule has 0 aromatic heterocycles. The lowest BCUT2D eigenvalue weighted by Crippen LogP contribution is -2.14. The third kappa shape index (κ3) is 2.47. The average molecular weight is 245 g/mol. The highest BCUT2D eigenvalue weighted by Crippen LogP contribution is 2.33. The number of ether oxygens (including phenoxy) is 1. The first-order valence-corrected chi connectivity index (χ1v) is 6.28. The summed E-state index contributed by atoms with van der Waals surface area (Å²) in [6, 6.07) is 11.9. The van der Waals surface area contributed by atoms with Gasteiger partial charge in [-0.15, -0.1) is 0 Å². The minimum atomic E-state index is -0.206. The molecular formula is C15H19NO2. The van der Waals surface area contributed by atoms with Gasteiger partial charge in [-0.05, 0) is 30.2 Å². The molecule has 0 unspecified atom stereocenters. The monoisotopic (exact) mass is 245 g/mol. The highest BCUT2D eigenvalue weighted by Gasteiger charge is 2.15. The molecule has 0 amide bonds. The van der Waals surface area contributed by atoms with Crippen molar-refractivity contribution >= 4 is 10.8 Å². The van der Waals surface area contributed by atoms with Gasteiger partial charge >= 0.3 is 0 Å². The minimum Gasteiger partial charge on any atom is -0.494 e. The van der Waals surface area contributed by atoms with Crippen LogP contribution in [0.4, 0.5) is 0 Å². The molecule has 0 saturated heterocycles. The van der Waals surface area contributed by atoms with Crippen LogP contribution in [-0.2, 0) is 0 Å². The number of hydrogen-bond donors (Lipinski definition) is 2. The zero-order valence-corrected chi connectivity index (χ0v) is 10.6. The Morgan fingerprint density at radius 2 is 2.00 bits per heavy atom. The second-order valence-electron chi connectivity index (χ2n) is 4.25. The van der Waals surface area contributed by atoms with E-state index in [0.29, 0.717) is 13.0 Å². The summed E-state index contributed by atoms with van der Waals surface area (Å²) in [6.45, 7) is 2.64. The molecule has 0 radical (unpaired) electrons. The number of aliphatic hydroxyl groups is 1. The molecule has 0 aliphatic carbocycles. The van der Waals surface area contributed by atoms with Gasteiger partial charge in [0.05, 0.1) is 6.61 Å². The van der Waals surface area contributed by atoms with E-state index in [4.69, 9.17) is 15.6 Å². The molecule has 0 bridgehead atoms. The van der Waals surface area contributed by atoms with Gasteiger partial charge in [0.1, 0.15) is 5.75 Å². The van der Waals surface area contributed by atoms with Crippen molar-refractivity contribution in [2.45, 2.75) is 19.4 Å². The lowest BCUT2D eigenvalue weighted by molar-refractivity contribution is 0.274. The Hall–Kier alpha value is -1.58. The van der Waals surface area contributed by atoms with E-state index in [-0.39, 0.29) is 12.6 Å². The van der Waals surface area contributed by atoms with Gasteiger partial charge in [0.2, 0.25) is 0 Å². The number of benzene rings is 2. The maximum Gasteiger partial charge on any atom is 0.124 e. The van der Waals surface area contributed by atoms with Crippen molar-refractivity contribution in [3.05, 3.63) is 42.0 Å². The molecule has 2 rings (SSSR count). The first kappa shape index (κ1) is 12.9. The van der Waals surface area contributed by atoms with Crippen LogP contribution in [0.5, 0.6) is 5.75 Å². The molecule has 3 N–H and O–H groups in total. The second kappa shape index (κ2) is 5.85. The molecule has 3 heteroatoms. The van der Waals surface area contributed by atoms with Crippen molar-refractivity contribution in [2.24, 2.45) is 5.73 Å². The van der Waals surface area contributed by atoms with Crippen molar-refractivity contribution in [1.29, 1.82) is 0 Å². The molecule has 0 saturated carbocycles. The molecule has 0 spiro atoms. The van der Waals surface area contributed by atoms with Gasteiger partial charge in [-0.3, -0.25) is 0 Å². The standard InChI is InChI=1S/C15H19NO2/c1-2-18-14-8-7-11-5-3-4-6-12(11)15(14)13(16)9-10-17/h3-8,13,17H,2,9-10,16H2,1H3/t13-/m0/s1. The predicted molar refractivity (Wildman–Crippen MR) is 73.7 cm³/mol. The fourth-order valence-electron chi connectivity index (χ4n) is 2.22. The van der Waals surface area contributed by atoms with Crippen molar-refractivity contribution in [3.8, 4) is 5.75 Å². The van der Waals surface area contributed by atoms with E-state index < -0.39 is 0 Å². The molecule has 1 atom stereocenters. The molecule has 96 valence electrons. The van der Waals surface area contributed by atoms with Crippen LogP contribution in [-0.4, -0.2) is 18.3 Å². The smallest absolute Gasteiger partial charge is 0.124 e. The average Bonchev–Trinajstić information content (AvgIpc) is 2.39. The third-order valence-electron chi connectivity index (χ3n) is 3.04. The van der Waals surface area contributed by atoms with Crippen LogP contribution in [0.25, 0.3) is 10.8 Å². The van der Waals surface area contributed by atoms with Crippen LogP contribution in [0.1, 0.15) is 24.9 Å². The molecule has 3 nitrogen and oxygen atoms in total. The maximum atomic E-state index is 9.07. The molecule has 18 heavy (non-hydrogen) atoms. The lowest BCUT2D eigenvalue weighted by atomic mass is 9.96. The molecule has 0 aliphatic heterocycles. The maximum absolute atomic E-state index is 9.07. The van der Waals surface area contributed by atoms with E-state index in [1.165, 1.54) is 0 Å². The zero-order chi connectivity index (χ0) is 13.0. The van der Waals surface area contributed by atoms with Gasteiger partial charge in [0, 0.05) is 18.2 Å². The summed E-state index contributed by atoms with van der Waals surface area (Å²) in [5.41, 5.74) is 7.15. The summed E-state index contributed by atoms with van der Waals surface area (Å²) < 4.78 is 5.65. The van der Waals surface area contributed by atoms with E-state index in [9.17, 15) is 0 Å². The Labute approximate surface area is 107 Å². The zero-order valence-electron chi connectivity index (χ0n) is 10.6. The predicted octanol–water partition coefficient (Wildman–Crippen LogP) is 2.62. The van der Waals surface area contributed by atoms with Crippen molar-refractivity contribution < 1.29 is 9.84 Å². The summed E-state index contributed by atoms with van der Waals surface area (Å²) in [5, 5.41) is 11.3. The van der Waals surface area contributed by atoms with Gasteiger partial charge in [0.15, 0.2) is 0 Å². The topological polar surface area (TPSA) is 55.5 Å². The first-order valence-electron chi connectivity index (χ1n) is 6.28. The number of aliphatic hydroxyl groups excluding tert-OH is 1. The van der Waals surface area contributed by atoms with E-state index >= 15 is 0 Å². The number of nitrogens with two attached hydrogens (primary N) is 1. The summed E-state index contributed by atoms with van der Waals surface area (Å²) in [4.78, 5) is 0. The van der Waals surface area contributed by atoms with E-state index in [1.807, 2.05) is 37.3 Å². The van der Waals surface area contributed by atoms with Gasteiger partial charge in [-0.25, -0.2) is 0 Å². The Morgan fingerprint density at radius 1 is 1.22 bits per heavy atom. The van der Waals surface area contributed by atoms with Crippen LogP contribution >= 0.6 is 0 Å². The van der Waals surface area contributed by atoms with E-state index in [1.54, 1.807) is 0 Å². The normalized spacial score (nSPS) is 12.6. The van der Waals surface area contributed by atoms with E-state index in [2.05, 4.69) is 6.07 Å². The van der Waals surface area contributed by atoms with Gasteiger partial charge in [-0.2, -0.15) is 0 Å². The number of hydrogen-bond acceptors (Lipinski definition) is 3. The molecule has 0 heterocycles. The number of fused-ring (bicyclic) bond motifs is 1. The number of rotatable bonds is 5. The Morgan fingerprint density at radius 3 is 2.72 bits per heavy atom. The molecular weight excluding hydrogens is 226 g/mol. The third-order valence-corrected chi connectivity index (χ3v) is 3.04. The van der Waals surface area contributed by atoms with Crippen LogP contribution in [0, 0.1) is 0 Å². The highest BCUT2D eigenvalue weighted by atomic mass is 16.5. The SMILES string of the molecule is CCOc1ccc2ccccc2c1[C@@H](N)CCO. The van der Waals surface area contributed by atoms with Gasteiger partial charge in [-0.1, -0.05) is 30.3 Å². The molecule has 2 aromatic carbocycles. The van der Waals surface area contributed by atoms with E-state index in [0.717, 1.165) is 22.1 Å². The Bertz CT molecular complexity index is 525. The fraction of sp³-hybridized carbons (Fsp3) is 0.333. The highest BCUT2D eigenvalue weighted by molar-refractivity contribution is 5.88. The van der Waals surface area contributed by atoms with Crippen LogP contribution in [0.2, 0.25) is 0 Å². The van der Waals surface area contributed by atoms with Crippen molar-refractivity contribution in [3.63, 3.8) is 0 Å². The Kier molecular flexibility index (Phi) is 4.18. The largest absolute Gasteiger partial charge is 0.494 e.